The number of benzene rings is 1. The van der Waals surface area contributed by atoms with E-state index in [1.165, 1.54) is 16.0 Å². The monoisotopic (exact) mass is 277 g/mol. The number of hydrogen-bond donors (Lipinski definition) is 1. The molecule has 1 aromatic carbocycles. The van der Waals surface area contributed by atoms with Crippen LogP contribution >= 0.6 is 11.8 Å². The molecule has 0 unspecified atom stereocenters. The molecule has 19 heavy (non-hydrogen) atoms. The maximum atomic E-state index is 11.6. The molecule has 0 aliphatic heterocycles. The van der Waals surface area contributed by atoms with E-state index in [4.69, 9.17) is 0 Å². The van der Waals surface area contributed by atoms with Gasteiger partial charge in [-0.15, -0.1) is 11.8 Å². The fourth-order valence-electron chi connectivity index (χ4n) is 2.46. The smallest absolute Gasteiger partial charge is 0.145 e. The third kappa shape index (κ3) is 3.40. The lowest BCUT2D eigenvalue weighted by Crippen LogP contribution is -2.28. The van der Waals surface area contributed by atoms with Gasteiger partial charge in [-0.05, 0) is 63.4 Å². The van der Waals surface area contributed by atoms with Crippen LogP contribution in [0.4, 0.5) is 0 Å². The van der Waals surface area contributed by atoms with E-state index >= 15 is 0 Å². The molecule has 0 heterocycles. The van der Waals surface area contributed by atoms with Gasteiger partial charge in [-0.3, -0.25) is 4.79 Å². The fourth-order valence-corrected chi connectivity index (χ4v) is 3.53. The number of carbonyl (C=O) groups is 1. The van der Waals surface area contributed by atoms with E-state index in [2.05, 4.69) is 30.4 Å². The number of ketones is 1. The van der Waals surface area contributed by atoms with E-state index in [1.807, 2.05) is 13.8 Å². The summed E-state index contributed by atoms with van der Waals surface area (Å²) in [7, 11) is 0. The summed E-state index contributed by atoms with van der Waals surface area (Å²) in [5, 5.41) is 3.52. The zero-order valence-corrected chi connectivity index (χ0v) is 13.1. The van der Waals surface area contributed by atoms with Gasteiger partial charge in [-0.25, -0.2) is 0 Å². The lowest BCUT2D eigenvalue weighted by atomic mass is 10.1. The van der Waals surface area contributed by atoms with Crippen molar-refractivity contribution in [3.63, 3.8) is 0 Å². The lowest BCUT2D eigenvalue weighted by molar-refractivity contribution is -0.118. The summed E-state index contributed by atoms with van der Waals surface area (Å²) < 4.78 is -0.339. The van der Waals surface area contributed by atoms with Gasteiger partial charge in [-0.2, -0.15) is 0 Å². The predicted octanol–water partition coefficient (Wildman–Crippen LogP) is 3.22. The van der Waals surface area contributed by atoms with Crippen molar-refractivity contribution in [3.8, 4) is 0 Å². The minimum Gasteiger partial charge on any atom is -0.314 e. The van der Waals surface area contributed by atoms with Gasteiger partial charge in [0.1, 0.15) is 5.78 Å². The second-order valence-electron chi connectivity index (χ2n) is 5.76. The summed E-state index contributed by atoms with van der Waals surface area (Å²) in [6, 6.07) is 7.23. The molecule has 104 valence electrons. The second-order valence-corrected chi connectivity index (χ2v) is 7.46. The van der Waals surface area contributed by atoms with Crippen molar-refractivity contribution in [3.05, 3.63) is 29.3 Å². The third-order valence-electron chi connectivity index (χ3n) is 3.82. The molecule has 1 N–H and O–H groups in total. The Morgan fingerprint density at radius 3 is 2.68 bits per heavy atom. The maximum Gasteiger partial charge on any atom is 0.145 e. The molecule has 1 aromatic rings. The van der Waals surface area contributed by atoms with Crippen molar-refractivity contribution >= 4 is 17.5 Å². The van der Waals surface area contributed by atoms with Crippen molar-refractivity contribution in [2.45, 2.75) is 56.2 Å². The Morgan fingerprint density at radius 2 is 2.05 bits per heavy atom. The van der Waals surface area contributed by atoms with Crippen LogP contribution in [0.3, 0.4) is 0 Å². The summed E-state index contributed by atoms with van der Waals surface area (Å²) in [6.45, 7) is 8.84. The standard InChI is InChI=1S/C16H23NOS/c1-5-17-14-8-12-6-7-15(10-13(12)9-14)19-16(3,4)11(2)18/h6-7,10,14,17H,5,8-9H2,1-4H3/t14-/m1/s1. The molecule has 1 aliphatic rings. The van der Waals surface area contributed by atoms with Crippen LogP contribution in [0, 0.1) is 0 Å². The van der Waals surface area contributed by atoms with Crippen LogP contribution in [-0.4, -0.2) is 23.1 Å². The van der Waals surface area contributed by atoms with Crippen LogP contribution in [0.25, 0.3) is 0 Å². The summed E-state index contributed by atoms with van der Waals surface area (Å²) in [5.41, 5.74) is 2.89. The van der Waals surface area contributed by atoms with Gasteiger partial charge in [0, 0.05) is 10.9 Å². The van der Waals surface area contributed by atoms with Crippen molar-refractivity contribution in [1.82, 2.24) is 5.32 Å². The molecule has 0 radical (unpaired) electrons. The zero-order valence-electron chi connectivity index (χ0n) is 12.2. The molecule has 2 rings (SSSR count). The van der Waals surface area contributed by atoms with Crippen molar-refractivity contribution in [2.24, 2.45) is 0 Å². The average Bonchev–Trinajstić information content (AvgIpc) is 2.70. The topological polar surface area (TPSA) is 29.1 Å². The molecule has 0 spiro atoms. The molecule has 2 nitrogen and oxygen atoms in total. The van der Waals surface area contributed by atoms with Crippen LogP contribution in [0.15, 0.2) is 23.1 Å². The van der Waals surface area contributed by atoms with Crippen molar-refractivity contribution in [2.75, 3.05) is 6.54 Å². The highest BCUT2D eigenvalue weighted by Crippen LogP contribution is 2.35. The minimum atomic E-state index is -0.339. The molecule has 3 heteroatoms. The molecule has 0 saturated carbocycles. The number of carbonyl (C=O) groups excluding carboxylic acids is 1. The number of hydrogen-bond acceptors (Lipinski definition) is 3. The first-order valence-corrected chi connectivity index (χ1v) is 7.79. The van der Waals surface area contributed by atoms with E-state index in [0.29, 0.717) is 6.04 Å². The predicted molar refractivity (Wildman–Crippen MR) is 81.9 cm³/mol. The Bertz CT molecular complexity index is 482. The van der Waals surface area contributed by atoms with Gasteiger partial charge in [0.15, 0.2) is 0 Å². The van der Waals surface area contributed by atoms with Gasteiger partial charge >= 0.3 is 0 Å². The first kappa shape index (κ1) is 14.6. The number of nitrogens with one attached hydrogen (secondary N) is 1. The van der Waals surface area contributed by atoms with Crippen molar-refractivity contribution in [1.29, 1.82) is 0 Å². The van der Waals surface area contributed by atoms with E-state index in [-0.39, 0.29) is 10.5 Å². The Balaban J connectivity index is 2.12. The number of fused-ring (bicyclic) bond motifs is 1. The highest BCUT2D eigenvalue weighted by atomic mass is 32.2. The zero-order chi connectivity index (χ0) is 14.0. The van der Waals surface area contributed by atoms with Gasteiger partial charge in [0.05, 0.1) is 4.75 Å². The molecular formula is C16H23NOS. The van der Waals surface area contributed by atoms with Gasteiger partial charge in [-0.1, -0.05) is 13.0 Å². The number of thioether (sulfide) groups is 1. The average molecular weight is 277 g/mol. The molecule has 0 saturated heterocycles. The van der Waals surface area contributed by atoms with Crippen LogP contribution < -0.4 is 5.32 Å². The van der Waals surface area contributed by atoms with E-state index in [1.54, 1.807) is 18.7 Å². The molecule has 0 fully saturated rings. The normalized spacial score (nSPS) is 18.4. The highest BCUT2D eigenvalue weighted by Gasteiger charge is 2.26. The Hall–Kier alpha value is -0.800. The molecule has 0 amide bonds. The van der Waals surface area contributed by atoms with E-state index < -0.39 is 0 Å². The van der Waals surface area contributed by atoms with Crippen LogP contribution in [0.1, 0.15) is 38.8 Å². The van der Waals surface area contributed by atoms with E-state index in [9.17, 15) is 4.79 Å². The lowest BCUT2D eigenvalue weighted by Gasteiger charge is -2.20. The summed E-state index contributed by atoms with van der Waals surface area (Å²) in [4.78, 5) is 12.8. The first-order chi connectivity index (χ1) is 8.92. The number of rotatable bonds is 5. The molecule has 0 bridgehead atoms. The Morgan fingerprint density at radius 1 is 1.37 bits per heavy atom. The molecule has 1 atom stereocenters. The van der Waals surface area contributed by atoms with Crippen LogP contribution in [0.2, 0.25) is 0 Å². The summed E-state index contributed by atoms with van der Waals surface area (Å²) >= 11 is 1.66. The van der Waals surface area contributed by atoms with Gasteiger partial charge in [0.25, 0.3) is 0 Å². The van der Waals surface area contributed by atoms with E-state index in [0.717, 1.165) is 19.4 Å². The quantitative estimate of drug-likeness (QED) is 0.838. The summed E-state index contributed by atoms with van der Waals surface area (Å²) in [5.74, 6) is 0.225. The Labute approximate surface area is 120 Å². The number of Topliss-reactive ketones (excluding diaryl/α,β-unsaturated/α-hetero) is 1. The fraction of sp³-hybridized carbons (Fsp3) is 0.562. The second kappa shape index (κ2) is 5.68. The minimum absolute atomic E-state index is 0.225. The highest BCUT2D eigenvalue weighted by molar-refractivity contribution is 8.01. The van der Waals surface area contributed by atoms with Crippen LogP contribution in [0.5, 0.6) is 0 Å². The van der Waals surface area contributed by atoms with Crippen molar-refractivity contribution < 1.29 is 4.79 Å². The van der Waals surface area contributed by atoms with Gasteiger partial charge < -0.3 is 5.32 Å². The molecule has 1 aliphatic carbocycles. The van der Waals surface area contributed by atoms with Gasteiger partial charge in [0.2, 0.25) is 0 Å². The number of likely N-dealkylation sites (N-methyl/N-ethyl adjacent to an activating group) is 1. The Kier molecular flexibility index (Phi) is 4.36. The largest absolute Gasteiger partial charge is 0.314 e. The summed E-state index contributed by atoms with van der Waals surface area (Å²) in [6.07, 6.45) is 2.24. The maximum absolute atomic E-state index is 11.6. The van der Waals surface area contributed by atoms with Crippen LogP contribution in [-0.2, 0) is 17.6 Å². The third-order valence-corrected chi connectivity index (χ3v) is 5.11. The molecule has 0 aromatic heterocycles. The SMILES string of the molecule is CCN[C@@H]1Cc2ccc(SC(C)(C)C(C)=O)cc2C1. The first-order valence-electron chi connectivity index (χ1n) is 6.97. The molecular weight excluding hydrogens is 254 g/mol.